The van der Waals surface area contributed by atoms with Crippen LogP contribution in [-0.2, 0) is 4.79 Å². The average Bonchev–Trinajstić information content (AvgIpc) is 3.05. The van der Waals surface area contributed by atoms with Gasteiger partial charge in [-0.2, -0.15) is 0 Å². The molecule has 5 nitrogen and oxygen atoms in total. The van der Waals surface area contributed by atoms with E-state index in [2.05, 4.69) is 4.98 Å². The Hall–Kier alpha value is -3.13. The van der Waals surface area contributed by atoms with Crippen LogP contribution < -0.4 is 10.6 Å². The maximum Gasteiger partial charge on any atom is 0.270 e. The Bertz CT molecular complexity index is 1000. The lowest BCUT2D eigenvalue weighted by atomic mass is 10.2. The van der Waals surface area contributed by atoms with Crippen LogP contribution in [0, 0.1) is 18.6 Å². The Morgan fingerprint density at radius 2 is 1.61 bits per heavy atom. The number of nitrogens with zero attached hydrogens (tertiary/aromatic N) is 2. The molecule has 0 spiro atoms. The van der Waals surface area contributed by atoms with Crippen molar-refractivity contribution in [3.8, 4) is 10.6 Å². The Morgan fingerprint density at radius 1 is 1.04 bits per heavy atom. The first-order valence-electron chi connectivity index (χ1n) is 8.44. The summed E-state index contributed by atoms with van der Waals surface area (Å²) >= 11 is 1.17. The highest BCUT2D eigenvalue weighted by Gasteiger charge is 2.24. The van der Waals surface area contributed by atoms with Crippen LogP contribution in [0.15, 0.2) is 48.5 Å². The fourth-order valence-electron chi connectivity index (χ4n) is 2.62. The predicted molar refractivity (Wildman–Crippen MR) is 104 cm³/mol. The number of nitrogens with two attached hydrogens (primary N) is 1. The largest absolute Gasteiger partial charge is 0.370 e. The molecule has 8 heteroatoms. The number of benzene rings is 2. The van der Waals surface area contributed by atoms with E-state index in [1.807, 2.05) is 0 Å². The van der Waals surface area contributed by atoms with E-state index in [0.717, 1.165) is 0 Å². The Balaban J connectivity index is 1.94. The SMILES string of the molecule is Cc1nc(-c2ccc(F)cc2)sc1C(=O)N(CCC(N)=O)c1ccc(F)cc1. The number of aryl methyl sites for hydroxylation is 1. The molecule has 1 heterocycles. The number of thiazole rings is 1. The fourth-order valence-corrected chi connectivity index (χ4v) is 3.65. The minimum Gasteiger partial charge on any atom is -0.370 e. The van der Waals surface area contributed by atoms with Crippen LogP contribution in [0.1, 0.15) is 21.8 Å². The van der Waals surface area contributed by atoms with Gasteiger partial charge >= 0.3 is 0 Å². The van der Waals surface area contributed by atoms with Gasteiger partial charge in [-0.15, -0.1) is 11.3 Å². The van der Waals surface area contributed by atoms with Crippen molar-refractivity contribution < 1.29 is 18.4 Å². The van der Waals surface area contributed by atoms with Crippen LogP contribution in [0.3, 0.4) is 0 Å². The Kier molecular flexibility index (Phi) is 5.79. The summed E-state index contributed by atoms with van der Waals surface area (Å²) < 4.78 is 26.4. The maximum absolute atomic E-state index is 13.3. The van der Waals surface area contributed by atoms with Gasteiger partial charge < -0.3 is 10.6 Å². The van der Waals surface area contributed by atoms with Crippen LogP contribution in [0.4, 0.5) is 14.5 Å². The highest BCUT2D eigenvalue weighted by atomic mass is 32.1. The molecule has 144 valence electrons. The van der Waals surface area contributed by atoms with E-state index in [0.29, 0.717) is 26.8 Å². The first-order valence-corrected chi connectivity index (χ1v) is 9.26. The van der Waals surface area contributed by atoms with Crippen molar-refractivity contribution in [3.05, 3.63) is 70.7 Å². The monoisotopic (exact) mass is 401 g/mol. The van der Waals surface area contributed by atoms with Gasteiger partial charge in [0.05, 0.1) is 5.69 Å². The van der Waals surface area contributed by atoms with Gasteiger partial charge in [0.25, 0.3) is 5.91 Å². The molecule has 0 bridgehead atoms. The van der Waals surface area contributed by atoms with Crippen molar-refractivity contribution in [1.29, 1.82) is 0 Å². The van der Waals surface area contributed by atoms with Gasteiger partial charge in [-0.25, -0.2) is 13.8 Å². The van der Waals surface area contributed by atoms with E-state index >= 15 is 0 Å². The van der Waals surface area contributed by atoms with E-state index in [4.69, 9.17) is 5.73 Å². The second kappa shape index (κ2) is 8.26. The van der Waals surface area contributed by atoms with Gasteiger partial charge in [0.2, 0.25) is 5.91 Å². The number of carbonyl (C=O) groups is 2. The van der Waals surface area contributed by atoms with E-state index < -0.39 is 11.7 Å². The lowest BCUT2D eigenvalue weighted by Crippen LogP contribution is -2.34. The van der Waals surface area contributed by atoms with Gasteiger partial charge in [-0.05, 0) is 55.5 Å². The summed E-state index contributed by atoms with van der Waals surface area (Å²) in [6.45, 7) is 1.76. The maximum atomic E-state index is 13.3. The molecule has 0 saturated heterocycles. The third-order valence-corrected chi connectivity index (χ3v) is 5.24. The average molecular weight is 401 g/mol. The molecule has 2 aromatic carbocycles. The van der Waals surface area contributed by atoms with Crippen LogP contribution in [0.5, 0.6) is 0 Å². The van der Waals surface area contributed by atoms with Gasteiger partial charge in [0.15, 0.2) is 0 Å². The van der Waals surface area contributed by atoms with Crippen LogP contribution >= 0.6 is 11.3 Å². The van der Waals surface area contributed by atoms with Crippen molar-refractivity contribution in [2.45, 2.75) is 13.3 Å². The normalized spacial score (nSPS) is 10.7. The summed E-state index contributed by atoms with van der Waals surface area (Å²) in [5, 5.41) is 0.579. The number of hydrogen-bond acceptors (Lipinski definition) is 4. The number of primary amides is 1. The van der Waals surface area contributed by atoms with E-state index in [9.17, 15) is 18.4 Å². The molecule has 0 saturated carbocycles. The summed E-state index contributed by atoms with van der Waals surface area (Å²) in [5.74, 6) is -1.70. The summed E-state index contributed by atoms with van der Waals surface area (Å²) in [5.41, 5.74) is 6.88. The minimum absolute atomic E-state index is 0.0359. The van der Waals surface area contributed by atoms with Crippen molar-refractivity contribution in [1.82, 2.24) is 4.98 Å². The number of halogens is 2. The molecule has 28 heavy (non-hydrogen) atoms. The lowest BCUT2D eigenvalue weighted by Gasteiger charge is -2.22. The quantitative estimate of drug-likeness (QED) is 0.680. The molecule has 0 aliphatic carbocycles. The van der Waals surface area contributed by atoms with Crippen LogP contribution in [0.25, 0.3) is 10.6 Å². The van der Waals surface area contributed by atoms with Crippen molar-refractivity contribution in [2.75, 3.05) is 11.4 Å². The molecule has 0 aliphatic heterocycles. The lowest BCUT2D eigenvalue weighted by molar-refractivity contribution is -0.117. The van der Waals surface area contributed by atoms with Crippen molar-refractivity contribution in [2.24, 2.45) is 5.73 Å². The number of hydrogen-bond donors (Lipinski definition) is 1. The summed E-state index contributed by atoms with van der Waals surface area (Å²) in [6, 6.07) is 11.2. The first-order chi connectivity index (χ1) is 13.3. The Labute approximate surface area is 164 Å². The molecular formula is C20H17F2N3O2S. The second-order valence-corrected chi connectivity index (χ2v) is 7.09. The number of anilines is 1. The van der Waals surface area contributed by atoms with Gasteiger partial charge in [0.1, 0.15) is 21.5 Å². The highest BCUT2D eigenvalue weighted by Crippen LogP contribution is 2.30. The molecule has 1 aromatic heterocycles. The third kappa shape index (κ3) is 4.40. The number of carbonyl (C=O) groups excluding carboxylic acids is 2. The molecular weight excluding hydrogens is 384 g/mol. The van der Waals surface area contributed by atoms with Crippen LogP contribution in [-0.4, -0.2) is 23.3 Å². The van der Waals surface area contributed by atoms with E-state index in [1.165, 1.54) is 52.6 Å². The standard InChI is InChI=1S/C20H17F2N3O2S/c1-12-18(28-19(24-12)13-2-4-14(21)5-3-13)20(27)25(11-10-17(23)26)16-8-6-15(22)7-9-16/h2-9H,10-11H2,1H3,(H2,23,26). The zero-order valence-electron chi connectivity index (χ0n) is 15.0. The van der Waals surface area contributed by atoms with Gasteiger partial charge in [0, 0.05) is 24.2 Å². The van der Waals surface area contributed by atoms with Gasteiger partial charge in [-0.3, -0.25) is 9.59 Å². The molecule has 0 aliphatic rings. The molecule has 0 fully saturated rings. The van der Waals surface area contributed by atoms with Gasteiger partial charge in [-0.1, -0.05) is 0 Å². The smallest absolute Gasteiger partial charge is 0.270 e. The number of aromatic nitrogens is 1. The number of rotatable bonds is 6. The minimum atomic E-state index is -0.548. The molecule has 3 aromatic rings. The highest BCUT2D eigenvalue weighted by molar-refractivity contribution is 7.17. The number of amides is 2. The molecule has 2 amide bonds. The zero-order valence-corrected chi connectivity index (χ0v) is 15.8. The fraction of sp³-hybridized carbons (Fsp3) is 0.150. The predicted octanol–water partition coefficient (Wildman–Crippen LogP) is 3.92. The van der Waals surface area contributed by atoms with Crippen molar-refractivity contribution >= 4 is 28.8 Å². The summed E-state index contributed by atoms with van der Waals surface area (Å²) in [6.07, 6.45) is -0.0359. The zero-order chi connectivity index (χ0) is 20.3. The van der Waals surface area contributed by atoms with E-state index in [1.54, 1.807) is 19.1 Å². The van der Waals surface area contributed by atoms with E-state index in [-0.39, 0.29) is 24.7 Å². The third-order valence-electron chi connectivity index (χ3n) is 4.05. The molecule has 0 unspecified atom stereocenters. The second-order valence-electron chi connectivity index (χ2n) is 6.09. The summed E-state index contributed by atoms with van der Waals surface area (Å²) in [7, 11) is 0. The topological polar surface area (TPSA) is 76.3 Å². The summed E-state index contributed by atoms with van der Waals surface area (Å²) in [4.78, 5) is 30.5. The molecule has 3 rings (SSSR count). The van der Waals surface area contributed by atoms with Crippen LogP contribution in [0.2, 0.25) is 0 Å². The molecule has 0 atom stereocenters. The Morgan fingerprint density at radius 3 is 2.18 bits per heavy atom. The molecule has 0 radical (unpaired) electrons. The first kappa shape index (κ1) is 19.6. The molecule has 2 N–H and O–H groups in total. The van der Waals surface area contributed by atoms with Crippen molar-refractivity contribution in [3.63, 3.8) is 0 Å².